The molecule has 1 aromatic rings. The molecular formula is C17H23ClN4O4. The molecule has 0 spiro atoms. The molecule has 0 aliphatic carbocycles. The van der Waals surface area contributed by atoms with Crippen molar-refractivity contribution in [1.29, 1.82) is 0 Å². The maximum Gasteiger partial charge on any atom is 0.441 e. The van der Waals surface area contributed by atoms with Crippen LogP contribution in [-0.2, 0) is 9.47 Å². The number of hydrazine groups is 1. The quantitative estimate of drug-likeness (QED) is 0.320. The van der Waals surface area contributed by atoms with Crippen molar-refractivity contribution in [2.75, 3.05) is 0 Å². The van der Waals surface area contributed by atoms with Gasteiger partial charge in [-0.3, -0.25) is 0 Å². The SMILES string of the molecule is Cc1ncc(C#CN(NC(=O)OC(C)(C)C)C(=O)OC(C)(C)C)c(Cl)n1. The van der Waals surface area contributed by atoms with E-state index in [0.717, 1.165) is 0 Å². The first-order chi connectivity index (χ1) is 11.8. The van der Waals surface area contributed by atoms with Gasteiger partial charge in [0, 0.05) is 12.2 Å². The lowest BCUT2D eigenvalue weighted by Crippen LogP contribution is -2.47. The molecule has 26 heavy (non-hydrogen) atoms. The van der Waals surface area contributed by atoms with Crippen LogP contribution in [0.2, 0.25) is 5.15 Å². The van der Waals surface area contributed by atoms with Crippen LogP contribution in [0.4, 0.5) is 9.59 Å². The summed E-state index contributed by atoms with van der Waals surface area (Å²) in [6.07, 6.45) is -0.317. The van der Waals surface area contributed by atoms with Gasteiger partial charge < -0.3 is 9.47 Å². The van der Waals surface area contributed by atoms with E-state index in [1.807, 2.05) is 0 Å². The zero-order valence-corrected chi connectivity index (χ0v) is 16.7. The molecule has 1 N–H and O–H groups in total. The molecule has 8 nitrogen and oxygen atoms in total. The van der Waals surface area contributed by atoms with Gasteiger partial charge in [0.15, 0.2) is 0 Å². The molecule has 2 amide bonds. The number of nitrogens with one attached hydrogen (secondary N) is 1. The van der Waals surface area contributed by atoms with E-state index in [1.165, 1.54) is 6.20 Å². The lowest BCUT2D eigenvalue weighted by atomic mass is 10.2. The molecule has 0 aliphatic heterocycles. The largest absolute Gasteiger partial charge is 0.443 e. The Balaban J connectivity index is 3.06. The predicted molar refractivity (Wildman–Crippen MR) is 96.1 cm³/mol. The minimum atomic E-state index is -0.875. The summed E-state index contributed by atoms with van der Waals surface area (Å²) >= 11 is 5.99. The van der Waals surface area contributed by atoms with Crippen molar-refractivity contribution < 1.29 is 19.1 Å². The third kappa shape index (κ3) is 8.03. The molecule has 1 aromatic heterocycles. The molecule has 0 radical (unpaired) electrons. The van der Waals surface area contributed by atoms with Crippen molar-refractivity contribution in [3.8, 4) is 12.0 Å². The van der Waals surface area contributed by atoms with Crippen molar-refractivity contribution in [3.63, 3.8) is 0 Å². The summed E-state index contributed by atoms with van der Waals surface area (Å²) in [7, 11) is 0. The maximum atomic E-state index is 12.3. The molecule has 0 aliphatic rings. The number of carbonyl (C=O) groups excluding carboxylic acids is 2. The van der Waals surface area contributed by atoms with Gasteiger partial charge in [0.2, 0.25) is 0 Å². The fourth-order valence-corrected chi connectivity index (χ4v) is 1.68. The lowest BCUT2D eigenvalue weighted by Gasteiger charge is -2.25. The zero-order valence-electron chi connectivity index (χ0n) is 15.9. The minimum Gasteiger partial charge on any atom is -0.443 e. The number of hydrogen-bond acceptors (Lipinski definition) is 6. The van der Waals surface area contributed by atoms with Crippen LogP contribution in [0.5, 0.6) is 0 Å². The molecule has 0 fully saturated rings. The Morgan fingerprint density at radius 1 is 1.15 bits per heavy atom. The van der Waals surface area contributed by atoms with Gasteiger partial charge in [-0.1, -0.05) is 11.6 Å². The summed E-state index contributed by atoms with van der Waals surface area (Å²) in [6, 6.07) is 2.47. The third-order valence-electron chi connectivity index (χ3n) is 2.34. The Morgan fingerprint density at radius 3 is 2.23 bits per heavy atom. The van der Waals surface area contributed by atoms with E-state index in [4.69, 9.17) is 21.1 Å². The van der Waals surface area contributed by atoms with Gasteiger partial charge in [-0.25, -0.2) is 25.0 Å². The van der Waals surface area contributed by atoms with Crippen LogP contribution in [0.25, 0.3) is 0 Å². The van der Waals surface area contributed by atoms with Crippen LogP contribution in [-0.4, -0.2) is 38.4 Å². The van der Waals surface area contributed by atoms with E-state index in [9.17, 15) is 9.59 Å². The molecule has 0 aromatic carbocycles. The molecule has 0 atom stereocenters. The molecule has 1 rings (SSSR count). The highest BCUT2D eigenvalue weighted by molar-refractivity contribution is 6.30. The van der Waals surface area contributed by atoms with Crippen molar-refractivity contribution in [3.05, 3.63) is 22.7 Å². The number of nitrogens with zero attached hydrogens (tertiary/aromatic N) is 3. The van der Waals surface area contributed by atoms with E-state index in [2.05, 4.69) is 27.4 Å². The second kappa shape index (κ2) is 8.23. The minimum absolute atomic E-state index is 0.131. The number of carbonyl (C=O) groups is 2. The highest BCUT2D eigenvalue weighted by atomic mass is 35.5. The normalized spacial score (nSPS) is 11.1. The lowest BCUT2D eigenvalue weighted by molar-refractivity contribution is 0.0142. The first-order valence-electron chi connectivity index (χ1n) is 7.80. The summed E-state index contributed by atoms with van der Waals surface area (Å²) in [4.78, 5) is 32.2. The molecule has 9 heteroatoms. The topological polar surface area (TPSA) is 93.7 Å². The monoisotopic (exact) mass is 382 g/mol. The summed E-state index contributed by atoms with van der Waals surface area (Å²) in [5.41, 5.74) is 1.00. The molecular weight excluding hydrogens is 360 g/mol. The first-order valence-corrected chi connectivity index (χ1v) is 8.18. The fraction of sp³-hybridized carbons (Fsp3) is 0.529. The first kappa shape index (κ1) is 21.5. The van der Waals surface area contributed by atoms with Gasteiger partial charge in [-0.2, -0.15) is 0 Å². The van der Waals surface area contributed by atoms with Gasteiger partial charge in [-0.05, 0) is 54.4 Å². The zero-order chi connectivity index (χ0) is 20.1. The molecule has 0 saturated heterocycles. The number of halogens is 1. The van der Waals surface area contributed by atoms with Crippen LogP contribution in [0.15, 0.2) is 6.20 Å². The number of ether oxygens (including phenoxy) is 2. The van der Waals surface area contributed by atoms with Crippen LogP contribution in [0, 0.1) is 18.9 Å². The van der Waals surface area contributed by atoms with E-state index in [0.29, 0.717) is 10.8 Å². The van der Waals surface area contributed by atoms with E-state index in [-0.39, 0.29) is 10.7 Å². The fourth-order valence-electron chi connectivity index (χ4n) is 1.46. The number of hydrogen-bond donors (Lipinski definition) is 1. The number of amides is 2. The second-order valence-corrected chi connectivity index (χ2v) is 7.65. The van der Waals surface area contributed by atoms with E-state index >= 15 is 0 Å². The van der Waals surface area contributed by atoms with E-state index < -0.39 is 23.4 Å². The number of aryl methyl sites for hydroxylation is 1. The Bertz CT molecular complexity index is 742. The van der Waals surface area contributed by atoms with Crippen molar-refractivity contribution in [2.24, 2.45) is 0 Å². The summed E-state index contributed by atoms with van der Waals surface area (Å²) < 4.78 is 10.3. The van der Waals surface area contributed by atoms with E-state index in [1.54, 1.807) is 48.5 Å². The molecule has 1 heterocycles. The summed E-state index contributed by atoms with van der Waals surface area (Å²) in [6.45, 7) is 11.8. The molecule has 0 unspecified atom stereocenters. The third-order valence-corrected chi connectivity index (χ3v) is 2.63. The van der Waals surface area contributed by atoms with Crippen molar-refractivity contribution in [2.45, 2.75) is 59.7 Å². The second-order valence-electron chi connectivity index (χ2n) is 7.29. The van der Waals surface area contributed by atoms with Crippen LogP contribution < -0.4 is 5.43 Å². The average molecular weight is 383 g/mol. The van der Waals surface area contributed by atoms with Crippen molar-refractivity contribution >= 4 is 23.8 Å². The molecule has 0 saturated carbocycles. The number of aromatic nitrogens is 2. The number of rotatable bonds is 0. The van der Waals surface area contributed by atoms with Gasteiger partial charge in [0.25, 0.3) is 0 Å². The van der Waals surface area contributed by atoms with Gasteiger partial charge in [0.1, 0.15) is 22.2 Å². The Kier molecular flexibility index (Phi) is 6.81. The predicted octanol–water partition coefficient (Wildman–Crippen LogP) is 3.42. The molecule has 0 bridgehead atoms. The Labute approximate surface area is 158 Å². The Morgan fingerprint density at radius 2 is 1.73 bits per heavy atom. The highest BCUT2D eigenvalue weighted by Crippen LogP contribution is 2.12. The molecule has 142 valence electrons. The van der Waals surface area contributed by atoms with Gasteiger partial charge >= 0.3 is 12.2 Å². The van der Waals surface area contributed by atoms with Crippen LogP contribution >= 0.6 is 11.6 Å². The van der Waals surface area contributed by atoms with Crippen molar-refractivity contribution in [1.82, 2.24) is 20.4 Å². The summed E-state index contributed by atoms with van der Waals surface area (Å²) in [5.74, 6) is 3.11. The maximum absolute atomic E-state index is 12.3. The van der Waals surface area contributed by atoms with Gasteiger partial charge in [-0.15, -0.1) is 5.01 Å². The van der Waals surface area contributed by atoms with Crippen LogP contribution in [0.1, 0.15) is 52.9 Å². The van der Waals surface area contributed by atoms with Crippen LogP contribution in [0.3, 0.4) is 0 Å². The highest BCUT2D eigenvalue weighted by Gasteiger charge is 2.25. The summed E-state index contributed by atoms with van der Waals surface area (Å²) in [5, 5.41) is 0.821. The Hall–Kier alpha value is -2.53. The van der Waals surface area contributed by atoms with Gasteiger partial charge in [0.05, 0.1) is 5.56 Å². The smallest absolute Gasteiger partial charge is 0.441 e. The standard InChI is InChI=1S/C17H23ClN4O4/c1-11-19-10-12(13(18)20-11)8-9-22(15(24)26-17(5,6)7)21-14(23)25-16(2,3)4/h10H,1-7H3,(H,21,23). The average Bonchev–Trinajstić information content (AvgIpc) is 2.40.